The third-order valence-electron chi connectivity index (χ3n) is 2.21. The molecule has 0 aromatic rings. The van der Waals surface area contributed by atoms with E-state index in [2.05, 4.69) is 6.92 Å². The molecule has 1 saturated heterocycles. The number of ether oxygens (including phenoxy) is 1. The van der Waals surface area contributed by atoms with Crippen molar-refractivity contribution in [1.29, 1.82) is 0 Å². The van der Waals surface area contributed by atoms with E-state index in [-0.39, 0.29) is 18.0 Å². The number of cyclic esters (lactones) is 1. The van der Waals surface area contributed by atoms with Gasteiger partial charge in [-0.25, -0.2) is 0 Å². The Hall–Kier alpha value is -0.530. The molecule has 0 saturated carbocycles. The van der Waals surface area contributed by atoms with E-state index in [1.54, 1.807) is 0 Å². The predicted octanol–water partition coefficient (Wildman–Crippen LogP) is 1.98. The molecule has 0 aromatic carbocycles. The monoisotopic (exact) mass is 156 g/mol. The Balaban J connectivity index is 2.58. The van der Waals surface area contributed by atoms with Crippen LogP contribution in [0.15, 0.2) is 0 Å². The van der Waals surface area contributed by atoms with Crippen molar-refractivity contribution in [3.8, 4) is 0 Å². The summed E-state index contributed by atoms with van der Waals surface area (Å²) in [7, 11) is 0. The Kier molecular flexibility index (Phi) is 2.53. The van der Waals surface area contributed by atoms with E-state index in [4.69, 9.17) is 4.74 Å². The number of hydrogen-bond acceptors (Lipinski definition) is 2. The molecule has 3 atom stereocenters. The van der Waals surface area contributed by atoms with Crippen molar-refractivity contribution in [2.75, 3.05) is 0 Å². The molecule has 0 radical (unpaired) electrons. The summed E-state index contributed by atoms with van der Waals surface area (Å²) in [6, 6.07) is 0. The number of esters is 1. The normalized spacial score (nSPS) is 39.5. The van der Waals surface area contributed by atoms with Gasteiger partial charge in [0.25, 0.3) is 0 Å². The van der Waals surface area contributed by atoms with Gasteiger partial charge < -0.3 is 4.74 Å². The van der Waals surface area contributed by atoms with Gasteiger partial charge in [-0.1, -0.05) is 13.8 Å². The summed E-state index contributed by atoms with van der Waals surface area (Å²) in [5.41, 5.74) is 0. The molecule has 0 amide bonds. The molecule has 1 rings (SSSR count). The van der Waals surface area contributed by atoms with Gasteiger partial charge in [0.2, 0.25) is 0 Å². The Morgan fingerprint density at radius 3 is 2.55 bits per heavy atom. The molecule has 0 spiro atoms. The standard InChI is InChI=1S/C9H16O2/c1-6-4-7(2)9(10)11-8(3)5-6/h6-8H,4-5H2,1-3H3. The first-order valence-electron chi connectivity index (χ1n) is 4.30. The lowest BCUT2D eigenvalue weighted by atomic mass is 9.95. The minimum absolute atomic E-state index is 0.0261. The molecule has 0 N–H and O–H groups in total. The lowest BCUT2D eigenvalue weighted by Gasteiger charge is -2.10. The summed E-state index contributed by atoms with van der Waals surface area (Å²) in [4.78, 5) is 11.1. The largest absolute Gasteiger partial charge is 0.462 e. The second-order valence-corrected chi connectivity index (χ2v) is 3.73. The van der Waals surface area contributed by atoms with Crippen LogP contribution in [-0.4, -0.2) is 12.1 Å². The maximum Gasteiger partial charge on any atom is 0.308 e. The van der Waals surface area contributed by atoms with Crippen LogP contribution >= 0.6 is 0 Å². The summed E-state index contributed by atoms with van der Waals surface area (Å²) < 4.78 is 5.15. The first-order valence-corrected chi connectivity index (χ1v) is 4.30. The van der Waals surface area contributed by atoms with E-state index in [1.807, 2.05) is 13.8 Å². The quantitative estimate of drug-likeness (QED) is 0.501. The highest BCUT2D eigenvalue weighted by Gasteiger charge is 2.25. The van der Waals surface area contributed by atoms with Crippen LogP contribution in [-0.2, 0) is 9.53 Å². The van der Waals surface area contributed by atoms with Crippen LogP contribution in [0.2, 0.25) is 0 Å². The van der Waals surface area contributed by atoms with Gasteiger partial charge in [0, 0.05) is 0 Å². The molecule has 0 aliphatic carbocycles. The van der Waals surface area contributed by atoms with E-state index in [0.29, 0.717) is 5.92 Å². The summed E-state index contributed by atoms with van der Waals surface area (Å²) in [5.74, 6) is 0.684. The Morgan fingerprint density at radius 2 is 1.91 bits per heavy atom. The highest BCUT2D eigenvalue weighted by atomic mass is 16.5. The zero-order chi connectivity index (χ0) is 8.43. The third kappa shape index (κ3) is 2.21. The van der Waals surface area contributed by atoms with Gasteiger partial charge in [0.1, 0.15) is 0 Å². The topological polar surface area (TPSA) is 26.3 Å². The fourth-order valence-electron chi connectivity index (χ4n) is 1.73. The van der Waals surface area contributed by atoms with Crippen molar-refractivity contribution < 1.29 is 9.53 Å². The SMILES string of the molecule is CC1CC(C)OC(=O)C(C)C1. The number of rotatable bonds is 0. The maximum absolute atomic E-state index is 11.1. The molecule has 2 nitrogen and oxygen atoms in total. The summed E-state index contributed by atoms with van der Waals surface area (Å²) in [5, 5.41) is 0. The zero-order valence-electron chi connectivity index (χ0n) is 7.46. The summed E-state index contributed by atoms with van der Waals surface area (Å²) in [6.45, 7) is 6.08. The van der Waals surface area contributed by atoms with E-state index in [9.17, 15) is 4.79 Å². The number of hydrogen-bond donors (Lipinski definition) is 0. The number of carbonyl (C=O) groups excluding carboxylic acids is 1. The first kappa shape index (κ1) is 8.57. The van der Waals surface area contributed by atoms with Gasteiger partial charge in [-0.15, -0.1) is 0 Å². The van der Waals surface area contributed by atoms with E-state index < -0.39 is 0 Å². The Morgan fingerprint density at radius 1 is 1.27 bits per heavy atom. The second-order valence-electron chi connectivity index (χ2n) is 3.73. The van der Waals surface area contributed by atoms with Crippen LogP contribution in [0.4, 0.5) is 0 Å². The van der Waals surface area contributed by atoms with Crippen LogP contribution in [0.5, 0.6) is 0 Å². The van der Waals surface area contributed by atoms with E-state index in [0.717, 1.165) is 12.8 Å². The molecule has 2 heteroatoms. The Labute approximate surface area is 67.9 Å². The highest BCUT2D eigenvalue weighted by Crippen LogP contribution is 2.23. The fourth-order valence-corrected chi connectivity index (χ4v) is 1.73. The molecule has 11 heavy (non-hydrogen) atoms. The van der Waals surface area contributed by atoms with Crippen molar-refractivity contribution in [3.05, 3.63) is 0 Å². The Bertz CT molecular complexity index is 154. The lowest BCUT2D eigenvalue weighted by molar-refractivity contribution is -0.151. The van der Waals surface area contributed by atoms with Gasteiger partial charge in [-0.05, 0) is 25.7 Å². The van der Waals surface area contributed by atoms with Gasteiger partial charge in [0.05, 0.1) is 12.0 Å². The average Bonchev–Trinajstić information content (AvgIpc) is 1.93. The van der Waals surface area contributed by atoms with Crippen molar-refractivity contribution >= 4 is 5.97 Å². The van der Waals surface area contributed by atoms with Crippen molar-refractivity contribution in [2.24, 2.45) is 11.8 Å². The van der Waals surface area contributed by atoms with Gasteiger partial charge in [-0.2, -0.15) is 0 Å². The van der Waals surface area contributed by atoms with Gasteiger partial charge in [-0.3, -0.25) is 4.79 Å². The molecule has 1 aliphatic rings. The molecule has 1 aliphatic heterocycles. The molecule has 0 bridgehead atoms. The average molecular weight is 156 g/mol. The third-order valence-corrected chi connectivity index (χ3v) is 2.21. The molecule has 0 aromatic heterocycles. The van der Waals surface area contributed by atoms with Crippen LogP contribution < -0.4 is 0 Å². The lowest BCUT2D eigenvalue weighted by Crippen LogP contribution is -2.16. The fraction of sp³-hybridized carbons (Fsp3) is 0.889. The van der Waals surface area contributed by atoms with Crippen molar-refractivity contribution in [3.63, 3.8) is 0 Å². The molecule has 1 heterocycles. The number of carbonyl (C=O) groups is 1. The van der Waals surface area contributed by atoms with Crippen molar-refractivity contribution in [2.45, 2.75) is 39.7 Å². The van der Waals surface area contributed by atoms with Crippen molar-refractivity contribution in [1.82, 2.24) is 0 Å². The van der Waals surface area contributed by atoms with Crippen LogP contribution in [0, 0.1) is 11.8 Å². The summed E-state index contributed by atoms with van der Waals surface area (Å²) in [6.07, 6.45) is 2.10. The maximum atomic E-state index is 11.1. The summed E-state index contributed by atoms with van der Waals surface area (Å²) >= 11 is 0. The second kappa shape index (κ2) is 3.24. The highest BCUT2D eigenvalue weighted by molar-refractivity contribution is 5.72. The molecular formula is C9H16O2. The van der Waals surface area contributed by atoms with E-state index in [1.165, 1.54) is 0 Å². The van der Waals surface area contributed by atoms with Gasteiger partial charge in [0.15, 0.2) is 0 Å². The zero-order valence-corrected chi connectivity index (χ0v) is 7.46. The minimum Gasteiger partial charge on any atom is -0.462 e. The van der Waals surface area contributed by atoms with Crippen LogP contribution in [0.25, 0.3) is 0 Å². The van der Waals surface area contributed by atoms with Gasteiger partial charge >= 0.3 is 5.97 Å². The van der Waals surface area contributed by atoms with Crippen LogP contribution in [0.1, 0.15) is 33.6 Å². The molecular weight excluding hydrogens is 140 g/mol. The first-order chi connectivity index (χ1) is 5.09. The molecule has 1 fully saturated rings. The van der Waals surface area contributed by atoms with E-state index >= 15 is 0 Å². The minimum atomic E-state index is -0.0261. The smallest absolute Gasteiger partial charge is 0.308 e. The van der Waals surface area contributed by atoms with Crippen LogP contribution in [0.3, 0.4) is 0 Å². The predicted molar refractivity (Wildman–Crippen MR) is 43.1 cm³/mol. The molecule has 64 valence electrons. The molecule has 3 unspecified atom stereocenters.